The number of fused-ring (bicyclic) bond motifs is 1. The largest absolute Gasteiger partial charge is 0.480 e. The van der Waals surface area contributed by atoms with E-state index in [1.807, 2.05) is 12.1 Å². The maximum atomic E-state index is 11.4. The lowest BCUT2D eigenvalue weighted by Crippen LogP contribution is -2.40. The predicted octanol–water partition coefficient (Wildman–Crippen LogP) is 5.10. The molecule has 3 rings (SSSR count). The molecule has 0 saturated carbocycles. The lowest BCUT2D eigenvalue weighted by atomic mass is 9.73. The fraction of sp³-hybridized carbons (Fsp3) is 0.409. The van der Waals surface area contributed by atoms with Crippen molar-refractivity contribution in [1.29, 1.82) is 0 Å². The number of hydrogen-bond acceptors (Lipinski definition) is 3. The van der Waals surface area contributed by atoms with Crippen LogP contribution in [-0.4, -0.2) is 16.6 Å². The number of anilines is 2. The predicted molar refractivity (Wildman–Crippen MR) is 107 cm³/mol. The quantitative estimate of drug-likeness (QED) is 0.716. The summed E-state index contributed by atoms with van der Waals surface area (Å²) in [5.74, 6) is -0.871. The molecule has 0 saturated heterocycles. The summed E-state index contributed by atoms with van der Waals surface area (Å²) in [5, 5.41) is 16.1. The summed E-state index contributed by atoms with van der Waals surface area (Å²) in [5.41, 5.74) is 4.86. The van der Waals surface area contributed by atoms with Gasteiger partial charge in [-0.15, -0.1) is 0 Å². The first-order valence-corrected chi connectivity index (χ1v) is 9.08. The molecule has 1 heterocycles. The van der Waals surface area contributed by atoms with Crippen LogP contribution >= 0.6 is 0 Å². The summed E-state index contributed by atoms with van der Waals surface area (Å²) < 4.78 is 0. The Morgan fingerprint density at radius 1 is 1.23 bits per heavy atom. The molecule has 0 spiro atoms. The number of aliphatic carboxylic acids is 1. The van der Waals surface area contributed by atoms with Crippen LogP contribution in [0.5, 0.6) is 0 Å². The Balaban J connectivity index is 1.90. The van der Waals surface area contributed by atoms with E-state index in [0.717, 1.165) is 17.7 Å². The zero-order valence-corrected chi connectivity index (χ0v) is 16.2. The Morgan fingerprint density at radius 3 is 2.65 bits per heavy atom. The number of carboxylic acid groups (broad SMARTS) is 1. The molecule has 1 atom stereocenters. The van der Waals surface area contributed by atoms with E-state index in [0.29, 0.717) is 0 Å². The van der Waals surface area contributed by atoms with E-state index < -0.39 is 11.5 Å². The molecule has 4 nitrogen and oxygen atoms in total. The second kappa shape index (κ2) is 6.35. The van der Waals surface area contributed by atoms with Crippen LogP contribution in [0, 0.1) is 6.92 Å². The summed E-state index contributed by atoms with van der Waals surface area (Å²) in [6, 6.07) is 14.8. The van der Waals surface area contributed by atoms with E-state index in [4.69, 9.17) is 0 Å². The van der Waals surface area contributed by atoms with E-state index in [-0.39, 0.29) is 11.5 Å². The molecule has 2 aromatic rings. The van der Waals surface area contributed by atoms with Crippen LogP contribution in [0.15, 0.2) is 42.5 Å². The number of nitrogens with one attached hydrogen (secondary N) is 2. The van der Waals surface area contributed by atoms with Crippen LogP contribution in [0.1, 0.15) is 56.8 Å². The van der Waals surface area contributed by atoms with Crippen molar-refractivity contribution in [3.8, 4) is 0 Å². The van der Waals surface area contributed by atoms with Gasteiger partial charge in [-0.05, 0) is 61.9 Å². The number of hydrogen-bond donors (Lipinski definition) is 3. The van der Waals surface area contributed by atoms with Crippen LogP contribution in [-0.2, 0) is 10.2 Å². The SMILES string of the molecule is Cc1ccc2c(c1)C(C)(C)CC(c1cccc(NC(C)(C)C(=O)O)c1)N2. The van der Waals surface area contributed by atoms with E-state index in [2.05, 4.69) is 61.7 Å². The van der Waals surface area contributed by atoms with Crippen molar-refractivity contribution < 1.29 is 9.90 Å². The van der Waals surface area contributed by atoms with Crippen molar-refractivity contribution >= 4 is 17.3 Å². The molecule has 2 aromatic carbocycles. The van der Waals surface area contributed by atoms with Gasteiger partial charge in [0.25, 0.3) is 0 Å². The highest BCUT2D eigenvalue weighted by Crippen LogP contribution is 2.44. The number of benzene rings is 2. The Bertz CT molecular complexity index is 840. The normalized spacial score (nSPS) is 18.6. The molecule has 0 amide bonds. The molecule has 1 unspecified atom stereocenters. The highest BCUT2D eigenvalue weighted by atomic mass is 16.4. The van der Waals surface area contributed by atoms with Gasteiger partial charge in [0.05, 0.1) is 6.04 Å². The van der Waals surface area contributed by atoms with E-state index >= 15 is 0 Å². The third-order valence-electron chi connectivity index (χ3n) is 5.23. The van der Waals surface area contributed by atoms with Crippen molar-refractivity contribution in [1.82, 2.24) is 0 Å². The molecule has 1 aliphatic heterocycles. The Labute approximate surface area is 155 Å². The van der Waals surface area contributed by atoms with Gasteiger partial charge in [-0.2, -0.15) is 0 Å². The van der Waals surface area contributed by atoms with E-state index in [1.165, 1.54) is 16.8 Å². The molecule has 0 aliphatic carbocycles. The van der Waals surface area contributed by atoms with Crippen molar-refractivity contribution in [2.45, 2.75) is 58.0 Å². The molecular formula is C22H28N2O2. The lowest BCUT2D eigenvalue weighted by Gasteiger charge is -2.39. The standard InChI is InChI=1S/C22H28N2O2/c1-14-9-10-18-17(11-14)21(2,3)13-19(23-18)15-7-6-8-16(12-15)24-22(4,5)20(25)26/h6-12,19,23-24H,13H2,1-5H3,(H,25,26). The van der Waals surface area contributed by atoms with Crippen molar-refractivity contribution in [3.05, 3.63) is 59.2 Å². The van der Waals surface area contributed by atoms with Gasteiger partial charge in [0, 0.05) is 11.4 Å². The van der Waals surface area contributed by atoms with Crippen LogP contribution in [0.2, 0.25) is 0 Å². The molecule has 138 valence electrons. The summed E-state index contributed by atoms with van der Waals surface area (Å²) in [4.78, 5) is 11.4. The Hall–Kier alpha value is -2.49. The summed E-state index contributed by atoms with van der Waals surface area (Å²) in [6.45, 7) is 10.0. The zero-order chi connectivity index (χ0) is 19.1. The summed E-state index contributed by atoms with van der Waals surface area (Å²) >= 11 is 0. The lowest BCUT2D eigenvalue weighted by molar-refractivity contribution is -0.141. The van der Waals surface area contributed by atoms with Crippen LogP contribution in [0.4, 0.5) is 11.4 Å². The maximum Gasteiger partial charge on any atom is 0.328 e. The molecule has 0 fully saturated rings. The van der Waals surface area contributed by atoms with E-state index in [1.54, 1.807) is 13.8 Å². The first kappa shape index (κ1) is 18.3. The first-order valence-electron chi connectivity index (χ1n) is 9.08. The number of carbonyl (C=O) groups is 1. The second-order valence-electron chi connectivity index (χ2n) is 8.51. The molecular weight excluding hydrogens is 324 g/mol. The Kier molecular flexibility index (Phi) is 4.47. The van der Waals surface area contributed by atoms with Crippen molar-refractivity contribution in [2.24, 2.45) is 0 Å². The molecule has 3 N–H and O–H groups in total. The molecule has 1 aliphatic rings. The maximum absolute atomic E-state index is 11.4. The number of carboxylic acids is 1. The van der Waals surface area contributed by atoms with Crippen LogP contribution < -0.4 is 10.6 Å². The molecule has 4 heteroatoms. The Morgan fingerprint density at radius 2 is 1.96 bits per heavy atom. The number of rotatable bonds is 4. The van der Waals surface area contributed by atoms with Crippen LogP contribution in [0.25, 0.3) is 0 Å². The fourth-order valence-corrected chi connectivity index (χ4v) is 3.65. The first-order chi connectivity index (χ1) is 12.1. The van der Waals surface area contributed by atoms with Crippen molar-refractivity contribution in [2.75, 3.05) is 10.6 Å². The van der Waals surface area contributed by atoms with Gasteiger partial charge in [0.1, 0.15) is 5.54 Å². The smallest absolute Gasteiger partial charge is 0.328 e. The fourth-order valence-electron chi connectivity index (χ4n) is 3.65. The van der Waals surface area contributed by atoms with Gasteiger partial charge in [0.2, 0.25) is 0 Å². The van der Waals surface area contributed by atoms with Crippen LogP contribution in [0.3, 0.4) is 0 Å². The van der Waals surface area contributed by atoms with E-state index in [9.17, 15) is 9.90 Å². The average molecular weight is 352 g/mol. The molecule has 0 aromatic heterocycles. The minimum Gasteiger partial charge on any atom is -0.480 e. The summed E-state index contributed by atoms with van der Waals surface area (Å²) in [7, 11) is 0. The zero-order valence-electron chi connectivity index (χ0n) is 16.2. The van der Waals surface area contributed by atoms with Gasteiger partial charge < -0.3 is 15.7 Å². The third kappa shape index (κ3) is 3.55. The van der Waals surface area contributed by atoms with Gasteiger partial charge in [0.15, 0.2) is 0 Å². The van der Waals surface area contributed by atoms with Gasteiger partial charge in [-0.1, -0.05) is 43.7 Å². The molecule has 0 bridgehead atoms. The highest BCUT2D eigenvalue weighted by Gasteiger charge is 2.33. The van der Waals surface area contributed by atoms with Crippen molar-refractivity contribution in [3.63, 3.8) is 0 Å². The van der Waals surface area contributed by atoms with Gasteiger partial charge in [-0.3, -0.25) is 0 Å². The topological polar surface area (TPSA) is 61.4 Å². The minimum absolute atomic E-state index is 0.0705. The molecule has 0 radical (unpaired) electrons. The van der Waals surface area contributed by atoms with Gasteiger partial charge in [-0.25, -0.2) is 4.79 Å². The molecule has 26 heavy (non-hydrogen) atoms. The minimum atomic E-state index is -1.01. The van der Waals surface area contributed by atoms with Gasteiger partial charge >= 0.3 is 5.97 Å². The average Bonchev–Trinajstić information content (AvgIpc) is 2.54. The monoisotopic (exact) mass is 352 g/mol. The summed E-state index contributed by atoms with van der Waals surface area (Å²) in [6.07, 6.45) is 0.981. The second-order valence-corrected chi connectivity index (χ2v) is 8.51. The number of aryl methyl sites for hydroxylation is 1. The highest BCUT2D eigenvalue weighted by molar-refractivity contribution is 5.81. The third-order valence-corrected chi connectivity index (χ3v) is 5.23.